The first-order chi connectivity index (χ1) is 15.1. The van der Waals surface area contributed by atoms with E-state index >= 15 is 0 Å². The first-order valence-electron chi connectivity index (χ1n) is 12.5. The van der Waals surface area contributed by atoms with Crippen molar-refractivity contribution in [1.29, 1.82) is 0 Å². The monoisotopic (exact) mass is 434 g/mol. The van der Waals surface area contributed by atoms with Crippen LogP contribution in [0.1, 0.15) is 110 Å². The molecule has 4 heteroatoms. The molecule has 31 heavy (non-hydrogen) atoms. The van der Waals surface area contributed by atoms with Gasteiger partial charge in [0.2, 0.25) is 0 Å². The molecule has 0 aliphatic heterocycles. The highest BCUT2D eigenvalue weighted by Crippen LogP contribution is 2.31. The zero-order chi connectivity index (χ0) is 22.8. The molecule has 0 bridgehead atoms. The first-order valence-corrected chi connectivity index (χ1v) is 12.5. The van der Waals surface area contributed by atoms with Gasteiger partial charge in [-0.25, -0.2) is 0 Å². The van der Waals surface area contributed by atoms with Gasteiger partial charge in [0, 0.05) is 20.0 Å². The van der Waals surface area contributed by atoms with Gasteiger partial charge in [-0.15, -0.1) is 0 Å². The Balaban J connectivity index is 2.13. The lowest BCUT2D eigenvalue weighted by atomic mass is 9.93. The lowest BCUT2D eigenvalue weighted by Gasteiger charge is -2.29. The van der Waals surface area contributed by atoms with Crippen molar-refractivity contribution in [1.82, 2.24) is 0 Å². The molecule has 0 aromatic rings. The van der Waals surface area contributed by atoms with E-state index in [9.17, 15) is 4.79 Å². The molecule has 1 unspecified atom stereocenters. The Morgan fingerprint density at radius 3 is 1.94 bits per heavy atom. The summed E-state index contributed by atoms with van der Waals surface area (Å²) < 4.78 is 16.6. The third-order valence-electron chi connectivity index (χ3n) is 5.98. The summed E-state index contributed by atoms with van der Waals surface area (Å²) >= 11 is 0. The lowest BCUT2D eigenvalue weighted by Crippen LogP contribution is -2.29. The van der Waals surface area contributed by atoms with E-state index in [2.05, 4.69) is 6.92 Å². The maximum absolute atomic E-state index is 12.2. The largest absolute Gasteiger partial charge is 0.493 e. The van der Waals surface area contributed by atoms with Gasteiger partial charge in [-0.05, 0) is 25.5 Å². The van der Waals surface area contributed by atoms with Crippen LogP contribution in [-0.2, 0) is 19.0 Å². The van der Waals surface area contributed by atoms with Crippen molar-refractivity contribution in [3.63, 3.8) is 0 Å². The molecular formula is C27H46O4. The van der Waals surface area contributed by atoms with Crippen LogP contribution in [-0.4, -0.2) is 25.8 Å². The molecule has 0 aromatic heterocycles. The van der Waals surface area contributed by atoms with Crippen LogP contribution in [0, 0.1) is 0 Å². The van der Waals surface area contributed by atoms with Crippen molar-refractivity contribution >= 4 is 5.97 Å². The van der Waals surface area contributed by atoms with Crippen LogP contribution in [0.15, 0.2) is 35.8 Å². The second-order valence-electron chi connectivity index (χ2n) is 8.61. The highest BCUT2D eigenvalue weighted by Gasteiger charge is 2.30. The fourth-order valence-corrected chi connectivity index (χ4v) is 4.03. The molecule has 1 rings (SSSR count). The number of methoxy groups -OCH3 is 2. The minimum atomic E-state index is -0.537. The predicted octanol–water partition coefficient (Wildman–Crippen LogP) is 7.79. The third-order valence-corrected chi connectivity index (χ3v) is 5.98. The number of hydrogen-bond acceptors (Lipinski definition) is 4. The second-order valence-corrected chi connectivity index (χ2v) is 8.61. The summed E-state index contributed by atoms with van der Waals surface area (Å²) in [6, 6.07) is 0. The fraction of sp³-hybridized carbons (Fsp3) is 0.741. The molecule has 0 heterocycles. The molecule has 0 radical (unpaired) electrons. The second kappa shape index (κ2) is 17.1. The first kappa shape index (κ1) is 27.5. The molecule has 0 fully saturated rings. The summed E-state index contributed by atoms with van der Waals surface area (Å²) in [4.78, 5) is 12.2. The van der Waals surface area contributed by atoms with Crippen LogP contribution < -0.4 is 0 Å². The number of allylic oxidation sites excluding steroid dienone is 1. The van der Waals surface area contributed by atoms with E-state index in [4.69, 9.17) is 14.2 Å². The lowest BCUT2D eigenvalue weighted by molar-refractivity contribution is -0.139. The summed E-state index contributed by atoms with van der Waals surface area (Å²) in [5.41, 5.74) is -0.537. The summed E-state index contributed by atoms with van der Waals surface area (Å²) in [5.74, 6) is 0.859. The molecule has 1 aliphatic rings. The van der Waals surface area contributed by atoms with Gasteiger partial charge in [-0.3, -0.25) is 4.79 Å². The van der Waals surface area contributed by atoms with Gasteiger partial charge in [-0.2, -0.15) is 0 Å². The molecule has 0 saturated heterocycles. The molecule has 4 nitrogen and oxygen atoms in total. The zero-order valence-corrected chi connectivity index (χ0v) is 20.5. The van der Waals surface area contributed by atoms with Crippen molar-refractivity contribution in [3.8, 4) is 0 Å². The number of rotatable bonds is 18. The standard InChI is InChI=1S/C27H46O4/c1-5-7-8-9-10-11-12-13-14-15-16-17-18-19-26(28)31-24-20-22-27(30-4,21-6-2)23-25(24)29-3/h6,20-21,23H,5,7-19,22H2,1-4H3/b21-6+. The number of carbonyl (C=O) groups is 1. The van der Waals surface area contributed by atoms with Crippen LogP contribution in [0.5, 0.6) is 0 Å². The molecular weight excluding hydrogens is 388 g/mol. The number of ether oxygens (including phenoxy) is 3. The van der Waals surface area contributed by atoms with E-state index < -0.39 is 5.60 Å². The Morgan fingerprint density at radius 1 is 0.903 bits per heavy atom. The van der Waals surface area contributed by atoms with Crippen molar-refractivity contribution in [2.75, 3.05) is 14.2 Å². The van der Waals surface area contributed by atoms with Gasteiger partial charge in [0.25, 0.3) is 0 Å². The minimum Gasteiger partial charge on any atom is -0.493 e. The number of carbonyl (C=O) groups excluding carboxylic acids is 1. The summed E-state index contributed by atoms with van der Waals surface area (Å²) in [7, 11) is 3.25. The smallest absolute Gasteiger partial charge is 0.311 e. The number of unbranched alkanes of at least 4 members (excludes halogenated alkanes) is 12. The summed E-state index contributed by atoms with van der Waals surface area (Å²) in [6.07, 6.45) is 25.6. The van der Waals surface area contributed by atoms with Gasteiger partial charge in [0.1, 0.15) is 5.60 Å². The molecule has 0 saturated carbocycles. The molecule has 178 valence electrons. The normalized spacial score (nSPS) is 18.7. The molecule has 1 aliphatic carbocycles. The zero-order valence-electron chi connectivity index (χ0n) is 20.5. The fourth-order valence-electron chi connectivity index (χ4n) is 4.03. The third kappa shape index (κ3) is 11.6. The van der Waals surface area contributed by atoms with E-state index in [0.29, 0.717) is 24.4 Å². The number of esters is 1. The SMILES string of the molecule is C/C=C/C1(OC)C=C(OC)C(OC(=O)CCCCCCCCCCCCCCC)=CC1. The molecule has 0 amide bonds. The van der Waals surface area contributed by atoms with Crippen molar-refractivity contribution < 1.29 is 19.0 Å². The van der Waals surface area contributed by atoms with Gasteiger partial charge in [0.05, 0.1) is 7.11 Å². The van der Waals surface area contributed by atoms with E-state index in [1.165, 1.54) is 70.6 Å². The molecule has 1 atom stereocenters. The van der Waals surface area contributed by atoms with Gasteiger partial charge in [-0.1, -0.05) is 96.1 Å². The van der Waals surface area contributed by atoms with Crippen LogP contribution >= 0.6 is 0 Å². The summed E-state index contributed by atoms with van der Waals surface area (Å²) in [6.45, 7) is 4.22. The van der Waals surface area contributed by atoms with Crippen molar-refractivity contribution in [2.45, 2.75) is 116 Å². The summed E-state index contributed by atoms with van der Waals surface area (Å²) in [5, 5.41) is 0. The average molecular weight is 435 g/mol. The Labute approximate surface area is 191 Å². The average Bonchev–Trinajstić information content (AvgIpc) is 2.78. The topological polar surface area (TPSA) is 44.8 Å². The van der Waals surface area contributed by atoms with Crippen LogP contribution in [0.25, 0.3) is 0 Å². The highest BCUT2D eigenvalue weighted by atomic mass is 16.6. The highest BCUT2D eigenvalue weighted by molar-refractivity contribution is 5.71. The Morgan fingerprint density at radius 2 is 1.45 bits per heavy atom. The molecule has 0 N–H and O–H groups in total. The number of hydrogen-bond donors (Lipinski definition) is 0. The van der Waals surface area contributed by atoms with Gasteiger partial charge in [0.15, 0.2) is 11.5 Å². The Hall–Kier alpha value is -1.55. The predicted molar refractivity (Wildman–Crippen MR) is 129 cm³/mol. The maximum atomic E-state index is 12.2. The van der Waals surface area contributed by atoms with Crippen LogP contribution in [0.3, 0.4) is 0 Å². The minimum absolute atomic E-state index is 0.187. The van der Waals surface area contributed by atoms with Gasteiger partial charge >= 0.3 is 5.97 Å². The van der Waals surface area contributed by atoms with E-state index in [1.807, 2.05) is 31.2 Å². The van der Waals surface area contributed by atoms with Crippen LogP contribution in [0.4, 0.5) is 0 Å². The van der Waals surface area contributed by atoms with Gasteiger partial charge < -0.3 is 14.2 Å². The Kier molecular flexibility index (Phi) is 15.1. The van der Waals surface area contributed by atoms with Crippen molar-refractivity contribution in [3.05, 3.63) is 35.8 Å². The quantitative estimate of drug-likeness (QED) is 0.125. The molecule has 0 spiro atoms. The van der Waals surface area contributed by atoms with Crippen LogP contribution in [0.2, 0.25) is 0 Å². The van der Waals surface area contributed by atoms with E-state index in [-0.39, 0.29) is 5.97 Å². The molecule has 0 aromatic carbocycles. The van der Waals surface area contributed by atoms with E-state index in [1.54, 1.807) is 14.2 Å². The Bertz CT molecular complexity index is 576. The van der Waals surface area contributed by atoms with Crippen molar-refractivity contribution in [2.24, 2.45) is 0 Å². The van der Waals surface area contributed by atoms with E-state index in [0.717, 1.165) is 12.8 Å². The maximum Gasteiger partial charge on any atom is 0.311 e.